The summed E-state index contributed by atoms with van der Waals surface area (Å²) in [5.74, 6) is 0.810. The molecule has 0 bridgehead atoms. The third kappa shape index (κ3) is 3.14. The van der Waals surface area contributed by atoms with Gasteiger partial charge in [-0.1, -0.05) is 12.8 Å². The van der Waals surface area contributed by atoms with Gasteiger partial charge in [0.05, 0.1) is 25.3 Å². The molecule has 6 heteroatoms. The van der Waals surface area contributed by atoms with Crippen LogP contribution in [0.1, 0.15) is 13.3 Å². The van der Waals surface area contributed by atoms with Gasteiger partial charge in [0, 0.05) is 7.05 Å². The molecule has 1 heterocycles. The summed E-state index contributed by atoms with van der Waals surface area (Å²) in [4.78, 5) is 24.3. The van der Waals surface area contributed by atoms with E-state index in [0.29, 0.717) is 6.42 Å². The molecule has 0 aromatic carbocycles. The van der Waals surface area contributed by atoms with Gasteiger partial charge in [-0.15, -0.1) is 6.42 Å². The van der Waals surface area contributed by atoms with Gasteiger partial charge in [0.25, 0.3) is 0 Å². The smallest absolute Gasteiger partial charge is 0.318 e. The Kier molecular flexibility index (Phi) is 4.98. The summed E-state index contributed by atoms with van der Waals surface area (Å²) in [6, 6.07) is -1.18. The zero-order valence-corrected chi connectivity index (χ0v) is 10.5. The van der Waals surface area contributed by atoms with Crippen LogP contribution in [0.4, 0.5) is 4.79 Å². The van der Waals surface area contributed by atoms with E-state index in [1.807, 2.05) is 6.92 Å². The molecule has 0 aromatic rings. The number of carboxylic acids is 1. The lowest BCUT2D eigenvalue weighted by Crippen LogP contribution is -2.50. The number of carbonyl (C=O) groups is 2. The minimum Gasteiger partial charge on any atom is -0.481 e. The highest BCUT2D eigenvalue weighted by atomic mass is 16.5. The number of nitrogens with one attached hydrogen (secondary N) is 1. The molecule has 3 unspecified atom stereocenters. The van der Waals surface area contributed by atoms with E-state index >= 15 is 0 Å². The minimum absolute atomic E-state index is 0.129. The van der Waals surface area contributed by atoms with Crippen LogP contribution in [0.5, 0.6) is 0 Å². The van der Waals surface area contributed by atoms with Crippen molar-refractivity contribution in [3.63, 3.8) is 0 Å². The van der Waals surface area contributed by atoms with Crippen LogP contribution in [-0.4, -0.2) is 54.4 Å². The van der Waals surface area contributed by atoms with Crippen LogP contribution in [0.15, 0.2) is 0 Å². The molecule has 0 aliphatic carbocycles. The number of urea groups is 1. The van der Waals surface area contributed by atoms with E-state index in [1.54, 1.807) is 7.05 Å². The van der Waals surface area contributed by atoms with Crippen molar-refractivity contribution in [3.05, 3.63) is 0 Å². The van der Waals surface area contributed by atoms with Crippen LogP contribution < -0.4 is 5.32 Å². The van der Waals surface area contributed by atoms with Crippen LogP contribution in [-0.2, 0) is 9.53 Å². The van der Waals surface area contributed by atoms with Crippen molar-refractivity contribution >= 4 is 12.0 Å². The summed E-state index contributed by atoms with van der Waals surface area (Å²) in [6.45, 7) is 2.22. The van der Waals surface area contributed by atoms with Crippen molar-refractivity contribution in [2.24, 2.45) is 5.92 Å². The summed E-state index contributed by atoms with van der Waals surface area (Å²) < 4.78 is 5.12. The molecule has 2 amide bonds. The van der Waals surface area contributed by atoms with Gasteiger partial charge in [0.15, 0.2) is 0 Å². The van der Waals surface area contributed by atoms with E-state index in [4.69, 9.17) is 16.3 Å². The Labute approximate surface area is 106 Å². The number of hydrogen-bond acceptors (Lipinski definition) is 3. The van der Waals surface area contributed by atoms with Crippen LogP contribution in [0.25, 0.3) is 0 Å². The fraction of sp³-hybridized carbons (Fsp3) is 0.667. The molecule has 1 saturated heterocycles. The van der Waals surface area contributed by atoms with Gasteiger partial charge in [-0.2, -0.15) is 0 Å². The average molecular weight is 254 g/mol. The number of amides is 2. The fourth-order valence-electron chi connectivity index (χ4n) is 1.82. The zero-order valence-electron chi connectivity index (χ0n) is 10.5. The maximum Gasteiger partial charge on any atom is 0.318 e. The molecule has 18 heavy (non-hydrogen) atoms. The topological polar surface area (TPSA) is 78.9 Å². The third-order valence-corrected chi connectivity index (χ3v) is 3.09. The monoisotopic (exact) mass is 254 g/mol. The predicted molar refractivity (Wildman–Crippen MR) is 64.9 cm³/mol. The van der Waals surface area contributed by atoms with E-state index in [0.717, 1.165) is 0 Å². The van der Waals surface area contributed by atoms with Gasteiger partial charge in [0.1, 0.15) is 5.92 Å². The molecule has 2 N–H and O–H groups in total. The van der Waals surface area contributed by atoms with Gasteiger partial charge in [-0.05, 0) is 6.42 Å². The van der Waals surface area contributed by atoms with Crippen molar-refractivity contribution in [1.82, 2.24) is 10.2 Å². The first kappa shape index (κ1) is 14.3. The minimum atomic E-state index is -0.957. The fourth-order valence-corrected chi connectivity index (χ4v) is 1.82. The Hall–Kier alpha value is -1.74. The molecule has 6 nitrogen and oxygen atoms in total. The SMILES string of the molecule is C#CC(CC)NC(=O)N(C)C1COCC1C(=O)O. The second-order valence-corrected chi connectivity index (χ2v) is 4.24. The van der Waals surface area contributed by atoms with Crippen molar-refractivity contribution in [2.45, 2.75) is 25.4 Å². The van der Waals surface area contributed by atoms with Crippen LogP contribution in [0, 0.1) is 18.3 Å². The zero-order chi connectivity index (χ0) is 13.7. The van der Waals surface area contributed by atoms with Crippen LogP contribution in [0.2, 0.25) is 0 Å². The molecule has 1 fully saturated rings. The number of ether oxygens (including phenoxy) is 1. The number of carbonyl (C=O) groups excluding carboxylic acids is 1. The summed E-state index contributed by atoms with van der Waals surface area (Å²) in [5, 5.41) is 11.7. The van der Waals surface area contributed by atoms with Crippen LogP contribution in [0.3, 0.4) is 0 Å². The maximum absolute atomic E-state index is 11.9. The number of aliphatic carboxylic acids is 1. The van der Waals surface area contributed by atoms with E-state index < -0.39 is 17.9 Å². The quantitative estimate of drug-likeness (QED) is 0.699. The molecule has 0 saturated carbocycles. The van der Waals surface area contributed by atoms with Gasteiger partial charge >= 0.3 is 12.0 Å². The number of likely N-dealkylation sites (N-methyl/N-ethyl adjacent to an activating group) is 1. The molecule has 1 aliphatic heterocycles. The second kappa shape index (κ2) is 6.26. The molecule has 0 spiro atoms. The Bertz CT molecular complexity index is 364. The largest absolute Gasteiger partial charge is 0.481 e. The lowest BCUT2D eigenvalue weighted by atomic mass is 10.0. The summed E-state index contributed by atoms with van der Waals surface area (Å²) in [5.41, 5.74) is 0. The van der Waals surface area contributed by atoms with Crippen molar-refractivity contribution in [1.29, 1.82) is 0 Å². The predicted octanol–water partition coefficient (Wildman–Crippen LogP) is 0.139. The highest BCUT2D eigenvalue weighted by molar-refractivity contribution is 5.77. The van der Waals surface area contributed by atoms with Gasteiger partial charge in [0.2, 0.25) is 0 Å². The molecular formula is C12H18N2O4. The number of rotatable bonds is 4. The summed E-state index contributed by atoms with van der Waals surface area (Å²) in [6.07, 6.45) is 5.88. The normalized spacial score (nSPS) is 24.1. The molecule has 1 rings (SSSR count). The van der Waals surface area contributed by atoms with Gasteiger partial charge < -0.3 is 20.1 Å². The lowest BCUT2D eigenvalue weighted by Gasteiger charge is -2.27. The van der Waals surface area contributed by atoms with E-state index in [9.17, 15) is 9.59 Å². The third-order valence-electron chi connectivity index (χ3n) is 3.09. The Morgan fingerprint density at radius 3 is 2.78 bits per heavy atom. The Morgan fingerprint density at radius 2 is 2.28 bits per heavy atom. The average Bonchev–Trinajstić information content (AvgIpc) is 2.83. The van der Waals surface area contributed by atoms with Crippen molar-refractivity contribution in [3.8, 4) is 12.3 Å². The highest BCUT2D eigenvalue weighted by Gasteiger charge is 2.38. The second-order valence-electron chi connectivity index (χ2n) is 4.24. The lowest BCUT2D eigenvalue weighted by molar-refractivity contribution is -0.142. The maximum atomic E-state index is 11.9. The number of hydrogen-bond donors (Lipinski definition) is 2. The molecule has 0 radical (unpaired) electrons. The number of terminal acetylenes is 1. The van der Waals surface area contributed by atoms with Gasteiger partial charge in [-0.25, -0.2) is 4.79 Å². The number of carboxylic acid groups (broad SMARTS) is 1. The molecule has 1 aliphatic rings. The number of nitrogens with zero attached hydrogens (tertiary/aromatic N) is 1. The highest BCUT2D eigenvalue weighted by Crippen LogP contribution is 2.19. The van der Waals surface area contributed by atoms with Crippen LogP contribution >= 0.6 is 0 Å². The Morgan fingerprint density at radius 1 is 1.61 bits per heavy atom. The summed E-state index contributed by atoms with van der Waals surface area (Å²) in [7, 11) is 1.55. The first-order chi connectivity index (χ1) is 8.51. The van der Waals surface area contributed by atoms with E-state index in [-0.39, 0.29) is 25.3 Å². The van der Waals surface area contributed by atoms with Gasteiger partial charge in [-0.3, -0.25) is 4.79 Å². The molecule has 100 valence electrons. The first-order valence-corrected chi connectivity index (χ1v) is 5.81. The molecular weight excluding hydrogens is 236 g/mol. The van der Waals surface area contributed by atoms with E-state index in [1.165, 1.54) is 4.90 Å². The van der Waals surface area contributed by atoms with Crippen molar-refractivity contribution in [2.75, 3.05) is 20.3 Å². The van der Waals surface area contributed by atoms with E-state index in [2.05, 4.69) is 11.2 Å². The molecule has 0 aromatic heterocycles. The van der Waals surface area contributed by atoms with Crippen molar-refractivity contribution < 1.29 is 19.4 Å². The standard InChI is InChI=1S/C12H18N2O4/c1-4-8(5-2)13-12(17)14(3)10-7-18-6-9(10)11(15)16/h1,8-10H,5-7H2,2-3H3,(H,13,17)(H,15,16). The first-order valence-electron chi connectivity index (χ1n) is 5.81. The summed E-state index contributed by atoms with van der Waals surface area (Å²) >= 11 is 0. The molecule has 3 atom stereocenters. The Balaban J connectivity index is 2.63.